The summed E-state index contributed by atoms with van der Waals surface area (Å²) in [7, 11) is 1.84. The lowest BCUT2D eigenvalue weighted by atomic mass is 10.2. The van der Waals surface area contributed by atoms with Gasteiger partial charge in [0, 0.05) is 20.1 Å². The number of aromatic nitrogens is 4. The Morgan fingerprint density at radius 2 is 2.09 bits per heavy atom. The molecular formula is C14H20N6O2. The van der Waals surface area contributed by atoms with Gasteiger partial charge in [0.15, 0.2) is 11.5 Å². The highest BCUT2D eigenvalue weighted by atomic mass is 16.5. The van der Waals surface area contributed by atoms with E-state index in [9.17, 15) is 4.79 Å². The van der Waals surface area contributed by atoms with E-state index in [0.29, 0.717) is 24.6 Å². The normalized spacial score (nSPS) is 22.0. The molecule has 2 aromatic heterocycles. The van der Waals surface area contributed by atoms with Crippen LogP contribution in [0.4, 0.5) is 5.82 Å². The van der Waals surface area contributed by atoms with Gasteiger partial charge in [0.1, 0.15) is 11.8 Å². The lowest BCUT2D eigenvalue weighted by Crippen LogP contribution is -2.50. The summed E-state index contributed by atoms with van der Waals surface area (Å²) in [5.74, 6) is 0.737. The molecule has 0 unspecified atom stereocenters. The van der Waals surface area contributed by atoms with Crippen molar-refractivity contribution in [3.05, 3.63) is 12.7 Å². The average Bonchev–Trinajstić information content (AvgIpc) is 2.94. The zero-order valence-corrected chi connectivity index (χ0v) is 13.0. The first-order valence-electron chi connectivity index (χ1n) is 7.33. The van der Waals surface area contributed by atoms with E-state index in [-0.39, 0.29) is 24.7 Å². The molecule has 0 aromatic carbocycles. The van der Waals surface area contributed by atoms with Crippen molar-refractivity contribution < 1.29 is 9.53 Å². The Morgan fingerprint density at radius 1 is 1.36 bits per heavy atom. The fourth-order valence-electron chi connectivity index (χ4n) is 2.80. The first kappa shape index (κ1) is 14.7. The number of anilines is 1. The molecule has 118 valence electrons. The summed E-state index contributed by atoms with van der Waals surface area (Å²) in [5, 5.41) is 0. The van der Waals surface area contributed by atoms with Crippen molar-refractivity contribution in [2.45, 2.75) is 26.1 Å². The van der Waals surface area contributed by atoms with Gasteiger partial charge in [-0.3, -0.25) is 4.79 Å². The molecule has 0 bridgehead atoms. The Bertz CT molecular complexity index is 662. The SMILES string of the molecule is C[C@@H]1CN(C(=O)CN(C)c2ncnc3nc[nH]c23)C[C@@H](C)O1. The highest BCUT2D eigenvalue weighted by Gasteiger charge is 2.26. The fraction of sp³-hybridized carbons (Fsp3) is 0.571. The first-order valence-corrected chi connectivity index (χ1v) is 7.33. The maximum absolute atomic E-state index is 12.5. The van der Waals surface area contributed by atoms with E-state index in [2.05, 4.69) is 19.9 Å². The number of ether oxygens (including phenoxy) is 1. The predicted molar refractivity (Wildman–Crippen MR) is 81.5 cm³/mol. The fourth-order valence-corrected chi connectivity index (χ4v) is 2.80. The number of likely N-dealkylation sites (N-methyl/N-ethyl adjacent to an activating group) is 1. The molecule has 2 aromatic rings. The van der Waals surface area contributed by atoms with E-state index in [1.54, 1.807) is 6.33 Å². The largest absolute Gasteiger partial charge is 0.372 e. The molecule has 8 heteroatoms. The van der Waals surface area contributed by atoms with E-state index >= 15 is 0 Å². The summed E-state index contributed by atoms with van der Waals surface area (Å²) < 4.78 is 5.66. The minimum absolute atomic E-state index is 0.0655. The zero-order chi connectivity index (χ0) is 15.7. The van der Waals surface area contributed by atoms with E-state index in [4.69, 9.17) is 4.74 Å². The molecule has 3 heterocycles. The van der Waals surface area contributed by atoms with Crippen LogP contribution in [-0.2, 0) is 9.53 Å². The number of amides is 1. The van der Waals surface area contributed by atoms with Gasteiger partial charge in [-0.25, -0.2) is 15.0 Å². The molecule has 22 heavy (non-hydrogen) atoms. The number of nitrogens with zero attached hydrogens (tertiary/aromatic N) is 5. The molecule has 3 rings (SSSR count). The molecule has 0 saturated carbocycles. The maximum atomic E-state index is 12.5. The number of H-pyrrole nitrogens is 1. The number of morpholine rings is 1. The second kappa shape index (κ2) is 5.88. The lowest BCUT2D eigenvalue weighted by molar-refractivity contribution is -0.141. The number of hydrogen-bond acceptors (Lipinski definition) is 6. The van der Waals surface area contributed by atoms with Gasteiger partial charge in [0.2, 0.25) is 5.91 Å². The third kappa shape index (κ3) is 2.87. The summed E-state index contributed by atoms with van der Waals surface area (Å²) in [6, 6.07) is 0. The third-order valence-electron chi connectivity index (χ3n) is 3.71. The number of hydrogen-bond donors (Lipinski definition) is 1. The maximum Gasteiger partial charge on any atom is 0.242 e. The van der Waals surface area contributed by atoms with Crippen molar-refractivity contribution in [1.29, 1.82) is 0 Å². The van der Waals surface area contributed by atoms with Crippen molar-refractivity contribution in [3.63, 3.8) is 0 Å². The minimum Gasteiger partial charge on any atom is -0.372 e. The Labute approximate surface area is 128 Å². The lowest BCUT2D eigenvalue weighted by Gasteiger charge is -2.36. The Hall–Kier alpha value is -2.22. The van der Waals surface area contributed by atoms with Crippen LogP contribution < -0.4 is 4.90 Å². The van der Waals surface area contributed by atoms with Gasteiger partial charge in [-0.05, 0) is 13.8 Å². The number of carbonyl (C=O) groups excluding carboxylic acids is 1. The summed E-state index contributed by atoms with van der Waals surface area (Å²) in [4.78, 5) is 31.6. The third-order valence-corrected chi connectivity index (χ3v) is 3.71. The molecule has 1 N–H and O–H groups in total. The van der Waals surface area contributed by atoms with E-state index in [0.717, 1.165) is 5.52 Å². The van der Waals surface area contributed by atoms with Gasteiger partial charge in [-0.1, -0.05) is 0 Å². The molecule has 0 spiro atoms. The Morgan fingerprint density at radius 3 is 2.82 bits per heavy atom. The zero-order valence-electron chi connectivity index (χ0n) is 13.0. The van der Waals surface area contributed by atoms with Crippen LogP contribution in [0.25, 0.3) is 11.2 Å². The number of aromatic amines is 1. The average molecular weight is 304 g/mol. The molecule has 1 fully saturated rings. The summed E-state index contributed by atoms with van der Waals surface area (Å²) in [5.41, 5.74) is 1.33. The Balaban J connectivity index is 1.72. The molecule has 1 amide bonds. The second-order valence-corrected chi connectivity index (χ2v) is 5.71. The van der Waals surface area contributed by atoms with E-state index in [1.165, 1.54) is 6.33 Å². The van der Waals surface area contributed by atoms with Gasteiger partial charge in [0.25, 0.3) is 0 Å². The van der Waals surface area contributed by atoms with Gasteiger partial charge in [-0.15, -0.1) is 0 Å². The molecule has 8 nitrogen and oxygen atoms in total. The molecule has 1 aliphatic rings. The van der Waals surface area contributed by atoms with Gasteiger partial charge in [-0.2, -0.15) is 0 Å². The highest BCUT2D eigenvalue weighted by molar-refractivity contribution is 5.87. The van der Waals surface area contributed by atoms with Crippen LogP contribution in [0.2, 0.25) is 0 Å². The number of rotatable bonds is 3. The number of fused-ring (bicyclic) bond motifs is 1. The predicted octanol–water partition coefficient (Wildman–Crippen LogP) is 0.425. The smallest absolute Gasteiger partial charge is 0.242 e. The van der Waals surface area contributed by atoms with E-state index in [1.807, 2.05) is 30.7 Å². The summed E-state index contributed by atoms with van der Waals surface area (Å²) >= 11 is 0. The van der Waals surface area contributed by atoms with Crippen molar-refractivity contribution >= 4 is 22.9 Å². The van der Waals surface area contributed by atoms with E-state index < -0.39 is 0 Å². The molecule has 2 atom stereocenters. The summed E-state index contributed by atoms with van der Waals surface area (Å²) in [6.07, 6.45) is 3.16. The van der Waals surface area contributed by atoms with Crippen LogP contribution in [0.3, 0.4) is 0 Å². The molecular weight excluding hydrogens is 284 g/mol. The van der Waals surface area contributed by atoms with Crippen molar-refractivity contribution in [3.8, 4) is 0 Å². The standard InChI is InChI=1S/C14H20N6O2/c1-9-4-20(5-10(2)22-9)11(21)6-19(3)14-12-13(16-7-15-12)17-8-18-14/h7-10H,4-6H2,1-3H3,(H,15,16,17,18)/t9-,10-/m1/s1. The Kier molecular flexibility index (Phi) is 3.93. The number of carbonyl (C=O) groups is 1. The number of imidazole rings is 1. The van der Waals surface area contributed by atoms with Crippen molar-refractivity contribution in [2.24, 2.45) is 0 Å². The molecule has 0 radical (unpaired) electrons. The van der Waals surface area contributed by atoms with Gasteiger partial charge < -0.3 is 19.5 Å². The molecule has 1 saturated heterocycles. The topological polar surface area (TPSA) is 87.2 Å². The quantitative estimate of drug-likeness (QED) is 0.884. The van der Waals surface area contributed by atoms with Crippen LogP contribution in [0.5, 0.6) is 0 Å². The van der Waals surface area contributed by atoms with Crippen LogP contribution in [0, 0.1) is 0 Å². The van der Waals surface area contributed by atoms with Crippen LogP contribution in [0.1, 0.15) is 13.8 Å². The molecule has 1 aliphatic heterocycles. The minimum atomic E-state index is 0.0655. The van der Waals surface area contributed by atoms with Crippen LogP contribution in [0.15, 0.2) is 12.7 Å². The number of nitrogens with one attached hydrogen (secondary N) is 1. The van der Waals surface area contributed by atoms with Gasteiger partial charge >= 0.3 is 0 Å². The monoisotopic (exact) mass is 304 g/mol. The van der Waals surface area contributed by atoms with Crippen LogP contribution in [-0.4, -0.2) is 69.6 Å². The van der Waals surface area contributed by atoms with Crippen molar-refractivity contribution in [2.75, 3.05) is 31.6 Å². The van der Waals surface area contributed by atoms with Crippen LogP contribution >= 0.6 is 0 Å². The van der Waals surface area contributed by atoms with Crippen molar-refractivity contribution in [1.82, 2.24) is 24.8 Å². The molecule has 0 aliphatic carbocycles. The highest BCUT2D eigenvalue weighted by Crippen LogP contribution is 2.18. The second-order valence-electron chi connectivity index (χ2n) is 5.71. The van der Waals surface area contributed by atoms with Gasteiger partial charge in [0.05, 0.1) is 25.1 Å². The first-order chi connectivity index (χ1) is 10.5. The summed E-state index contributed by atoms with van der Waals surface area (Å²) in [6.45, 7) is 5.47.